The number of rotatable bonds is 9. The van der Waals surface area contributed by atoms with Crippen LogP contribution in [0.15, 0.2) is 39.9 Å². The summed E-state index contributed by atoms with van der Waals surface area (Å²) in [4.78, 5) is 31.7. The number of fused-ring (bicyclic) bond motifs is 3. The second-order valence-corrected chi connectivity index (χ2v) is 9.84. The number of hydrogen-bond donors (Lipinski definition) is 1. The molecule has 4 atom stereocenters. The highest BCUT2D eigenvalue weighted by atomic mass is 16.5. The van der Waals surface area contributed by atoms with Gasteiger partial charge in [0.1, 0.15) is 12.6 Å². The number of aryl methyl sites for hydroxylation is 1. The Morgan fingerprint density at radius 3 is 2.41 bits per heavy atom. The monoisotopic (exact) mass is 466 g/mol. The van der Waals surface area contributed by atoms with E-state index in [9.17, 15) is 14.7 Å². The van der Waals surface area contributed by atoms with Crippen LogP contribution in [0.1, 0.15) is 63.3 Å². The summed E-state index contributed by atoms with van der Waals surface area (Å²) in [6.07, 6.45) is 3.90. The molecule has 5 rings (SSSR count). The van der Waals surface area contributed by atoms with Gasteiger partial charge in [-0.15, -0.1) is 0 Å². The molecule has 182 valence electrons. The van der Waals surface area contributed by atoms with E-state index in [1.165, 1.54) is 4.57 Å². The van der Waals surface area contributed by atoms with Crippen molar-refractivity contribution in [2.45, 2.75) is 84.4 Å². The number of benzene rings is 1. The lowest BCUT2D eigenvalue weighted by Crippen LogP contribution is -2.40. The van der Waals surface area contributed by atoms with Crippen molar-refractivity contribution >= 4 is 11.2 Å². The maximum atomic E-state index is 13.6. The summed E-state index contributed by atoms with van der Waals surface area (Å²) in [6, 6.07) is 9.92. The Kier molecular flexibility index (Phi) is 6.44. The van der Waals surface area contributed by atoms with E-state index in [-0.39, 0.29) is 35.9 Å². The molecule has 2 aromatic heterocycles. The Balaban J connectivity index is 1.63. The second kappa shape index (κ2) is 9.50. The van der Waals surface area contributed by atoms with Gasteiger partial charge in [-0.05, 0) is 49.5 Å². The molecule has 1 aromatic carbocycles. The first-order chi connectivity index (χ1) is 16.5. The van der Waals surface area contributed by atoms with E-state index in [1.807, 2.05) is 48.7 Å². The quantitative estimate of drug-likeness (QED) is 0.523. The Hall–Kier alpha value is -2.71. The van der Waals surface area contributed by atoms with Crippen molar-refractivity contribution in [2.75, 3.05) is 0 Å². The number of nitrogens with zero attached hydrogens (tertiary/aromatic N) is 4. The molecule has 34 heavy (non-hydrogen) atoms. The van der Waals surface area contributed by atoms with Gasteiger partial charge in [0.2, 0.25) is 0 Å². The molecule has 0 amide bonds. The molecule has 2 heterocycles. The van der Waals surface area contributed by atoms with E-state index in [4.69, 9.17) is 9.72 Å². The largest absolute Gasteiger partial charge is 0.393 e. The van der Waals surface area contributed by atoms with Crippen LogP contribution >= 0.6 is 0 Å². The van der Waals surface area contributed by atoms with Crippen LogP contribution in [0.25, 0.3) is 11.2 Å². The van der Waals surface area contributed by atoms with Crippen LogP contribution < -0.4 is 11.2 Å². The maximum Gasteiger partial charge on any atom is 0.332 e. The molecule has 2 aliphatic rings. The first kappa shape index (κ1) is 23.1. The summed E-state index contributed by atoms with van der Waals surface area (Å²) in [5.74, 6) is 1.45. The van der Waals surface area contributed by atoms with Crippen LogP contribution in [0.4, 0.5) is 0 Å². The zero-order valence-corrected chi connectivity index (χ0v) is 20.0. The normalized spacial score (nSPS) is 23.9. The number of ether oxygens (including phenoxy) is 1. The fourth-order valence-electron chi connectivity index (χ4n) is 6.01. The first-order valence-electron chi connectivity index (χ1n) is 12.6. The van der Waals surface area contributed by atoms with Gasteiger partial charge in [-0.3, -0.25) is 18.5 Å². The fraction of sp³-hybridized carbons (Fsp3) is 0.577. The summed E-state index contributed by atoms with van der Waals surface area (Å²) < 4.78 is 11.0. The van der Waals surface area contributed by atoms with Crippen molar-refractivity contribution in [2.24, 2.45) is 11.8 Å². The molecule has 3 aromatic rings. The van der Waals surface area contributed by atoms with Crippen molar-refractivity contribution in [3.63, 3.8) is 0 Å². The molecule has 0 radical (unpaired) electrons. The van der Waals surface area contributed by atoms with Crippen molar-refractivity contribution in [3.8, 4) is 0 Å². The van der Waals surface area contributed by atoms with Gasteiger partial charge in [-0.25, -0.2) is 9.78 Å². The highest BCUT2D eigenvalue weighted by Crippen LogP contribution is 2.52. The van der Waals surface area contributed by atoms with Crippen LogP contribution in [-0.4, -0.2) is 29.9 Å². The van der Waals surface area contributed by atoms with Crippen LogP contribution in [0, 0.1) is 11.8 Å². The summed E-state index contributed by atoms with van der Waals surface area (Å²) in [5.41, 5.74) is 1.33. The second-order valence-electron chi connectivity index (χ2n) is 9.84. The summed E-state index contributed by atoms with van der Waals surface area (Å²) in [5, 5.41) is 10.6. The standard InChI is InChI=1S/C26H34N4O4/c1-3-10-28-24-22(25(32)29(11-4-2)26(28)33)30(16-34-15-17-8-6-5-7-9-17)23(27-24)20-13-18-12-19(20)21(31)14-18/h5-9,18-21,31H,3-4,10-16H2,1-2H3. The molecular weight excluding hydrogens is 432 g/mol. The number of hydrogen-bond acceptors (Lipinski definition) is 5. The highest BCUT2D eigenvalue weighted by molar-refractivity contribution is 5.71. The molecule has 2 bridgehead atoms. The number of aliphatic hydroxyl groups excluding tert-OH is 1. The molecule has 8 heteroatoms. The highest BCUT2D eigenvalue weighted by Gasteiger charge is 2.48. The van der Waals surface area contributed by atoms with E-state index < -0.39 is 0 Å². The minimum Gasteiger partial charge on any atom is -0.393 e. The van der Waals surface area contributed by atoms with E-state index >= 15 is 0 Å². The van der Waals surface area contributed by atoms with Gasteiger partial charge in [0.15, 0.2) is 11.2 Å². The van der Waals surface area contributed by atoms with Gasteiger partial charge >= 0.3 is 5.69 Å². The van der Waals surface area contributed by atoms with Gasteiger partial charge in [-0.1, -0.05) is 44.2 Å². The molecule has 1 N–H and O–H groups in total. The molecule has 0 spiro atoms. The Morgan fingerprint density at radius 1 is 1.00 bits per heavy atom. The average Bonchev–Trinajstić information content (AvgIpc) is 3.52. The topological polar surface area (TPSA) is 91.3 Å². The number of imidazole rings is 1. The lowest BCUT2D eigenvalue weighted by molar-refractivity contribution is 0.0590. The van der Waals surface area contributed by atoms with E-state index in [0.717, 1.165) is 37.1 Å². The van der Waals surface area contributed by atoms with Gasteiger partial charge in [-0.2, -0.15) is 0 Å². The van der Waals surface area contributed by atoms with Crippen molar-refractivity contribution in [1.82, 2.24) is 18.7 Å². The van der Waals surface area contributed by atoms with Crippen LogP contribution in [0.3, 0.4) is 0 Å². The maximum absolute atomic E-state index is 13.6. The smallest absolute Gasteiger partial charge is 0.332 e. The molecule has 2 fully saturated rings. The molecule has 8 nitrogen and oxygen atoms in total. The van der Waals surface area contributed by atoms with Gasteiger partial charge in [0, 0.05) is 19.0 Å². The van der Waals surface area contributed by atoms with Crippen LogP contribution in [0.5, 0.6) is 0 Å². The Bertz CT molecular complexity index is 1280. The predicted octanol–water partition coefficient (Wildman–Crippen LogP) is 3.23. The van der Waals surface area contributed by atoms with E-state index in [0.29, 0.717) is 43.2 Å². The van der Waals surface area contributed by atoms with Crippen LogP contribution in [-0.2, 0) is 31.2 Å². The molecule has 0 aliphatic heterocycles. The third kappa shape index (κ3) is 3.92. The van der Waals surface area contributed by atoms with Gasteiger partial charge in [0.25, 0.3) is 5.56 Å². The zero-order valence-electron chi connectivity index (χ0n) is 20.0. The van der Waals surface area contributed by atoms with Gasteiger partial charge < -0.3 is 9.84 Å². The van der Waals surface area contributed by atoms with Gasteiger partial charge in [0.05, 0.1) is 12.7 Å². The summed E-state index contributed by atoms with van der Waals surface area (Å²) in [7, 11) is 0. The molecule has 2 saturated carbocycles. The number of aromatic nitrogens is 4. The Labute approximate surface area is 198 Å². The number of aliphatic hydroxyl groups is 1. The fourth-order valence-corrected chi connectivity index (χ4v) is 6.01. The molecule has 0 saturated heterocycles. The minimum absolute atomic E-state index is 0.0608. The van der Waals surface area contributed by atoms with E-state index in [2.05, 4.69) is 0 Å². The van der Waals surface area contributed by atoms with Crippen molar-refractivity contribution in [3.05, 3.63) is 62.6 Å². The SMILES string of the molecule is CCCn1c(=O)c2c(nc(C3CC4CC(O)C3C4)n2COCc2ccccc2)n(CCC)c1=O. The lowest BCUT2D eigenvalue weighted by atomic mass is 9.86. The Morgan fingerprint density at radius 2 is 1.74 bits per heavy atom. The van der Waals surface area contributed by atoms with Crippen LogP contribution in [0.2, 0.25) is 0 Å². The van der Waals surface area contributed by atoms with E-state index in [1.54, 1.807) is 4.57 Å². The first-order valence-corrected chi connectivity index (χ1v) is 12.6. The third-order valence-electron chi connectivity index (χ3n) is 7.48. The summed E-state index contributed by atoms with van der Waals surface area (Å²) in [6.45, 7) is 5.44. The van der Waals surface area contributed by atoms with Crippen molar-refractivity contribution < 1.29 is 9.84 Å². The molecule has 2 aliphatic carbocycles. The third-order valence-corrected chi connectivity index (χ3v) is 7.48. The molecule has 4 unspecified atom stereocenters. The average molecular weight is 467 g/mol. The predicted molar refractivity (Wildman–Crippen MR) is 130 cm³/mol. The van der Waals surface area contributed by atoms with Crippen molar-refractivity contribution in [1.29, 1.82) is 0 Å². The summed E-state index contributed by atoms with van der Waals surface area (Å²) >= 11 is 0. The lowest BCUT2D eigenvalue weighted by Gasteiger charge is -2.26. The zero-order chi connectivity index (χ0) is 23.8. The molecular formula is C26H34N4O4. The minimum atomic E-state index is -0.336.